The van der Waals surface area contributed by atoms with Crippen molar-refractivity contribution < 1.29 is 18.8 Å². The van der Waals surface area contributed by atoms with Gasteiger partial charge in [-0.1, -0.05) is 35.5 Å². The Morgan fingerprint density at radius 1 is 1.06 bits per heavy atom. The predicted octanol–water partition coefficient (Wildman–Crippen LogP) is 4.29. The number of amides is 2. The zero-order valence-corrected chi connectivity index (χ0v) is 19.0. The third kappa shape index (κ3) is 5.80. The van der Waals surface area contributed by atoms with Gasteiger partial charge in [-0.15, -0.1) is 0 Å². The number of hydrogen-bond acceptors (Lipinski definition) is 5. The predicted molar refractivity (Wildman–Crippen MR) is 125 cm³/mol. The highest BCUT2D eigenvalue weighted by molar-refractivity contribution is 5.92. The van der Waals surface area contributed by atoms with Crippen molar-refractivity contribution in [2.45, 2.75) is 39.7 Å². The molecular weight excluding hydrogens is 418 g/mol. The number of anilines is 1. The van der Waals surface area contributed by atoms with Crippen LogP contribution in [0.5, 0.6) is 5.75 Å². The molecule has 1 aliphatic heterocycles. The summed E-state index contributed by atoms with van der Waals surface area (Å²) in [5.74, 6) is 1.54. The van der Waals surface area contributed by atoms with E-state index in [2.05, 4.69) is 10.5 Å². The molecular formula is C26H29N3O4. The van der Waals surface area contributed by atoms with Gasteiger partial charge in [-0.2, -0.15) is 0 Å². The minimum atomic E-state index is -0.0663. The van der Waals surface area contributed by atoms with Crippen LogP contribution in [0.1, 0.15) is 35.4 Å². The molecule has 1 aliphatic rings. The number of ether oxygens (including phenoxy) is 1. The minimum absolute atomic E-state index is 0.0282. The van der Waals surface area contributed by atoms with Crippen LogP contribution in [0.2, 0.25) is 0 Å². The molecule has 1 saturated heterocycles. The smallest absolute Gasteiger partial charge is 0.227 e. The maximum atomic E-state index is 12.8. The number of likely N-dealkylation sites (tertiary alicyclic amines) is 1. The van der Waals surface area contributed by atoms with E-state index in [0.29, 0.717) is 39.0 Å². The van der Waals surface area contributed by atoms with Gasteiger partial charge in [0.25, 0.3) is 0 Å². The summed E-state index contributed by atoms with van der Waals surface area (Å²) in [6.07, 6.45) is 1.70. The lowest BCUT2D eigenvalue weighted by Crippen LogP contribution is -2.42. The second kappa shape index (κ2) is 10.3. The van der Waals surface area contributed by atoms with Gasteiger partial charge in [0.1, 0.15) is 18.1 Å². The van der Waals surface area contributed by atoms with Gasteiger partial charge in [0.2, 0.25) is 11.8 Å². The molecule has 0 saturated carbocycles. The lowest BCUT2D eigenvalue weighted by Gasteiger charge is -2.31. The molecule has 172 valence electrons. The zero-order chi connectivity index (χ0) is 23.2. The fraction of sp³-hybridized carbons (Fsp3) is 0.346. The van der Waals surface area contributed by atoms with Crippen LogP contribution in [0.4, 0.5) is 5.69 Å². The van der Waals surface area contributed by atoms with E-state index in [1.54, 1.807) is 0 Å². The molecule has 3 aromatic rings. The van der Waals surface area contributed by atoms with Gasteiger partial charge in [-0.25, -0.2) is 0 Å². The molecule has 2 amide bonds. The van der Waals surface area contributed by atoms with Crippen molar-refractivity contribution in [1.29, 1.82) is 0 Å². The zero-order valence-electron chi connectivity index (χ0n) is 19.0. The highest BCUT2D eigenvalue weighted by Gasteiger charge is 2.27. The first-order valence-corrected chi connectivity index (χ1v) is 11.3. The molecule has 33 heavy (non-hydrogen) atoms. The monoisotopic (exact) mass is 447 g/mol. The van der Waals surface area contributed by atoms with Crippen LogP contribution >= 0.6 is 0 Å². The Kier molecular flexibility index (Phi) is 7.07. The van der Waals surface area contributed by atoms with Gasteiger partial charge in [0.05, 0.1) is 17.7 Å². The van der Waals surface area contributed by atoms with Crippen molar-refractivity contribution in [3.05, 3.63) is 77.2 Å². The normalized spacial score (nSPS) is 14.2. The summed E-state index contributed by atoms with van der Waals surface area (Å²) in [5, 5.41) is 6.90. The quantitative estimate of drug-likeness (QED) is 0.584. The van der Waals surface area contributed by atoms with E-state index in [0.717, 1.165) is 34.0 Å². The summed E-state index contributed by atoms with van der Waals surface area (Å²) in [4.78, 5) is 27.1. The number of carbonyl (C=O) groups is 2. The molecule has 7 nitrogen and oxygen atoms in total. The van der Waals surface area contributed by atoms with Crippen molar-refractivity contribution in [3.8, 4) is 5.75 Å². The summed E-state index contributed by atoms with van der Waals surface area (Å²) in [7, 11) is 0. The van der Waals surface area contributed by atoms with Crippen LogP contribution in [0.15, 0.2) is 59.1 Å². The fourth-order valence-corrected chi connectivity index (χ4v) is 4.01. The van der Waals surface area contributed by atoms with Crippen LogP contribution in [0.25, 0.3) is 0 Å². The number of para-hydroxylation sites is 1. The fourth-order valence-electron chi connectivity index (χ4n) is 4.01. The standard InChI is InChI=1S/C26H29N3O4/c1-18-24(19(2)33-28-18)17-32-23-10-8-20(9-11-23)16-25(30)29-14-12-21(13-15-29)26(31)27-22-6-4-3-5-7-22/h3-11,21H,12-17H2,1-2H3,(H,27,31). The van der Waals surface area contributed by atoms with Crippen molar-refractivity contribution in [2.75, 3.05) is 18.4 Å². The average molecular weight is 448 g/mol. The second-order valence-electron chi connectivity index (χ2n) is 8.42. The summed E-state index contributed by atoms with van der Waals surface area (Å²) in [6.45, 7) is 5.36. The Balaban J connectivity index is 1.23. The number of nitrogens with one attached hydrogen (secondary N) is 1. The molecule has 4 rings (SSSR count). The van der Waals surface area contributed by atoms with Crippen molar-refractivity contribution >= 4 is 17.5 Å². The Hall–Kier alpha value is -3.61. The van der Waals surface area contributed by atoms with Crippen molar-refractivity contribution in [3.63, 3.8) is 0 Å². The molecule has 0 atom stereocenters. The number of nitrogens with zero attached hydrogens (tertiary/aromatic N) is 2. The number of aryl methyl sites for hydroxylation is 2. The number of piperidine rings is 1. The van der Waals surface area contributed by atoms with Crippen LogP contribution < -0.4 is 10.1 Å². The maximum Gasteiger partial charge on any atom is 0.227 e. The van der Waals surface area contributed by atoms with E-state index >= 15 is 0 Å². The number of carbonyl (C=O) groups excluding carboxylic acids is 2. The van der Waals surface area contributed by atoms with E-state index in [9.17, 15) is 9.59 Å². The van der Waals surface area contributed by atoms with E-state index in [4.69, 9.17) is 9.26 Å². The third-order valence-electron chi connectivity index (χ3n) is 6.10. The summed E-state index contributed by atoms with van der Waals surface area (Å²) in [5.41, 5.74) is 3.53. The number of rotatable bonds is 7. The Morgan fingerprint density at radius 3 is 2.39 bits per heavy atom. The summed E-state index contributed by atoms with van der Waals surface area (Å²) < 4.78 is 11.0. The SMILES string of the molecule is Cc1noc(C)c1COc1ccc(CC(=O)N2CCC(C(=O)Nc3ccccc3)CC2)cc1. The lowest BCUT2D eigenvalue weighted by molar-refractivity contribution is -0.133. The van der Waals surface area contributed by atoms with Crippen molar-refractivity contribution in [2.24, 2.45) is 5.92 Å². The number of benzene rings is 2. The van der Waals surface area contributed by atoms with Crippen LogP contribution in [0, 0.1) is 19.8 Å². The van der Waals surface area contributed by atoms with Gasteiger partial charge in [-0.3, -0.25) is 9.59 Å². The van der Waals surface area contributed by atoms with Gasteiger partial charge in [0.15, 0.2) is 0 Å². The highest BCUT2D eigenvalue weighted by Crippen LogP contribution is 2.22. The average Bonchev–Trinajstić information content (AvgIpc) is 3.16. The molecule has 0 unspecified atom stereocenters. The molecule has 1 aromatic heterocycles. The van der Waals surface area contributed by atoms with Crippen LogP contribution in [-0.2, 0) is 22.6 Å². The molecule has 1 N–H and O–H groups in total. The van der Waals surface area contributed by atoms with E-state index in [-0.39, 0.29) is 17.7 Å². The number of aromatic nitrogens is 1. The topological polar surface area (TPSA) is 84.7 Å². The summed E-state index contributed by atoms with van der Waals surface area (Å²) in [6, 6.07) is 17.1. The second-order valence-corrected chi connectivity index (χ2v) is 8.42. The van der Waals surface area contributed by atoms with Gasteiger partial charge in [-0.05, 0) is 56.5 Å². The van der Waals surface area contributed by atoms with Crippen LogP contribution in [0.3, 0.4) is 0 Å². The first kappa shape index (κ1) is 22.6. The molecule has 2 heterocycles. The molecule has 0 aliphatic carbocycles. The number of hydrogen-bond donors (Lipinski definition) is 1. The minimum Gasteiger partial charge on any atom is -0.489 e. The van der Waals surface area contributed by atoms with E-state index in [1.165, 1.54) is 0 Å². The highest BCUT2D eigenvalue weighted by atomic mass is 16.5. The Bertz CT molecular complexity index is 1060. The molecule has 0 bridgehead atoms. The van der Waals surface area contributed by atoms with Crippen molar-refractivity contribution in [1.82, 2.24) is 10.1 Å². The molecule has 1 fully saturated rings. The van der Waals surface area contributed by atoms with E-state index in [1.807, 2.05) is 73.3 Å². The van der Waals surface area contributed by atoms with Crippen LogP contribution in [-0.4, -0.2) is 35.0 Å². The largest absolute Gasteiger partial charge is 0.489 e. The van der Waals surface area contributed by atoms with Gasteiger partial charge in [0, 0.05) is 24.7 Å². The maximum absolute atomic E-state index is 12.8. The third-order valence-corrected chi connectivity index (χ3v) is 6.10. The van der Waals surface area contributed by atoms with E-state index < -0.39 is 0 Å². The van der Waals surface area contributed by atoms with Gasteiger partial charge >= 0.3 is 0 Å². The Morgan fingerprint density at radius 2 is 1.76 bits per heavy atom. The molecule has 7 heteroatoms. The molecule has 2 aromatic carbocycles. The first-order valence-electron chi connectivity index (χ1n) is 11.3. The Labute approximate surface area is 193 Å². The first-order chi connectivity index (χ1) is 16.0. The summed E-state index contributed by atoms with van der Waals surface area (Å²) >= 11 is 0. The molecule has 0 spiro atoms. The van der Waals surface area contributed by atoms with Gasteiger partial charge < -0.3 is 19.5 Å². The lowest BCUT2D eigenvalue weighted by atomic mass is 9.95. The molecule has 0 radical (unpaired) electrons.